The van der Waals surface area contributed by atoms with Crippen molar-refractivity contribution in [1.29, 1.82) is 0 Å². The van der Waals surface area contributed by atoms with Crippen LogP contribution in [0.4, 0.5) is 0 Å². The third-order valence-corrected chi connectivity index (χ3v) is 5.52. The number of hydrogen-bond donors (Lipinski definition) is 0. The summed E-state index contributed by atoms with van der Waals surface area (Å²) in [5.74, 6) is 1.70. The van der Waals surface area contributed by atoms with Crippen LogP contribution in [-0.4, -0.2) is 63.4 Å². The predicted molar refractivity (Wildman–Crippen MR) is 87.6 cm³/mol. The van der Waals surface area contributed by atoms with E-state index in [9.17, 15) is 0 Å². The quantitative estimate of drug-likeness (QED) is 0.850. The van der Waals surface area contributed by atoms with Gasteiger partial charge in [-0.3, -0.25) is 9.30 Å². The Morgan fingerprint density at radius 3 is 2.64 bits per heavy atom. The second kappa shape index (κ2) is 5.48. The van der Waals surface area contributed by atoms with Gasteiger partial charge in [0.1, 0.15) is 11.3 Å². The molecule has 0 spiro atoms. The number of rotatable bonds is 2. The Balaban J connectivity index is 1.50. The molecule has 4 rings (SSSR count). The number of nitrogens with zero attached hydrogens (tertiary/aromatic N) is 5. The van der Waals surface area contributed by atoms with Gasteiger partial charge in [0.15, 0.2) is 5.15 Å². The van der Waals surface area contributed by atoms with Crippen LogP contribution in [0.2, 0.25) is 5.15 Å². The van der Waals surface area contributed by atoms with Gasteiger partial charge in [-0.2, -0.15) is 0 Å². The van der Waals surface area contributed by atoms with E-state index >= 15 is 0 Å². The van der Waals surface area contributed by atoms with Crippen molar-refractivity contribution < 1.29 is 0 Å². The van der Waals surface area contributed by atoms with Gasteiger partial charge in [0, 0.05) is 50.5 Å². The minimum absolute atomic E-state index is 0.546. The molecule has 0 atom stereocenters. The molecule has 2 aromatic rings. The Morgan fingerprint density at radius 2 is 1.91 bits per heavy atom. The fourth-order valence-corrected chi connectivity index (χ4v) is 4.05. The molecule has 2 aromatic heterocycles. The second-order valence-electron chi connectivity index (χ2n) is 6.65. The summed E-state index contributed by atoms with van der Waals surface area (Å²) in [7, 11) is 2.21. The number of hydrogen-bond acceptors (Lipinski definition) is 4. The number of aryl methyl sites for hydroxylation is 1. The fraction of sp³-hybridized carbons (Fsp3) is 0.625. The molecule has 1 aliphatic carbocycles. The van der Waals surface area contributed by atoms with E-state index in [0.717, 1.165) is 23.1 Å². The molecule has 22 heavy (non-hydrogen) atoms. The Hall–Kier alpha value is -1.17. The average molecular weight is 320 g/mol. The first-order valence-corrected chi connectivity index (χ1v) is 8.43. The number of fused-ring (bicyclic) bond motifs is 1. The lowest BCUT2D eigenvalue weighted by Crippen LogP contribution is -2.52. The van der Waals surface area contributed by atoms with Crippen molar-refractivity contribution in [1.82, 2.24) is 24.2 Å². The molecule has 2 fully saturated rings. The van der Waals surface area contributed by atoms with E-state index in [1.807, 2.05) is 13.1 Å². The Morgan fingerprint density at radius 1 is 1.18 bits per heavy atom. The molecular weight excluding hydrogens is 298 g/mol. The standard InChI is InChI=1S/C16H22ClN5/c1-11-14-15(17)18-3-4-22(14)16(19-11)12-9-13(10-12)21-7-5-20(2)6-8-21/h3-4,12-13H,5-10H2,1-2H3. The van der Waals surface area contributed by atoms with Crippen molar-refractivity contribution in [2.75, 3.05) is 33.2 Å². The molecule has 0 N–H and O–H groups in total. The smallest absolute Gasteiger partial charge is 0.154 e. The van der Waals surface area contributed by atoms with Crippen LogP contribution in [0.25, 0.3) is 5.52 Å². The molecule has 2 aliphatic rings. The number of halogens is 1. The Kier molecular flexibility index (Phi) is 3.59. The third-order valence-electron chi connectivity index (χ3n) is 5.24. The summed E-state index contributed by atoms with van der Waals surface area (Å²) in [5, 5.41) is 0.550. The zero-order valence-corrected chi connectivity index (χ0v) is 13.9. The zero-order valence-electron chi connectivity index (χ0n) is 13.2. The first kappa shape index (κ1) is 14.4. The Labute approximate surface area is 135 Å². The Bertz CT molecular complexity index is 683. The molecule has 0 bridgehead atoms. The van der Waals surface area contributed by atoms with Gasteiger partial charge in [0.05, 0.1) is 5.69 Å². The van der Waals surface area contributed by atoms with E-state index in [1.165, 1.54) is 39.0 Å². The van der Waals surface area contributed by atoms with Gasteiger partial charge in [0.25, 0.3) is 0 Å². The molecule has 118 valence electrons. The number of aromatic nitrogens is 3. The lowest BCUT2D eigenvalue weighted by molar-refractivity contribution is 0.0586. The molecule has 0 amide bonds. The van der Waals surface area contributed by atoms with Crippen molar-refractivity contribution in [3.63, 3.8) is 0 Å². The maximum absolute atomic E-state index is 6.22. The van der Waals surface area contributed by atoms with Crippen molar-refractivity contribution >= 4 is 17.1 Å². The van der Waals surface area contributed by atoms with Crippen LogP contribution in [0.15, 0.2) is 12.4 Å². The lowest BCUT2D eigenvalue weighted by Gasteiger charge is -2.45. The maximum atomic E-state index is 6.22. The highest BCUT2D eigenvalue weighted by Gasteiger charge is 2.37. The summed E-state index contributed by atoms with van der Waals surface area (Å²) in [4.78, 5) is 14.0. The number of likely N-dealkylation sites (N-methyl/N-ethyl adjacent to an activating group) is 1. The minimum Gasteiger partial charge on any atom is -0.304 e. The van der Waals surface area contributed by atoms with Gasteiger partial charge in [-0.1, -0.05) is 11.6 Å². The molecule has 5 nitrogen and oxygen atoms in total. The molecule has 0 aromatic carbocycles. The SMILES string of the molecule is Cc1nc(C2CC(N3CCN(C)CC3)C2)n2ccnc(Cl)c12. The molecule has 1 aliphatic heterocycles. The van der Waals surface area contributed by atoms with E-state index in [-0.39, 0.29) is 0 Å². The minimum atomic E-state index is 0.546. The van der Waals surface area contributed by atoms with Gasteiger partial charge in [0.2, 0.25) is 0 Å². The highest BCUT2D eigenvalue weighted by molar-refractivity contribution is 6.32. The van der Waals surface area contributed by atoms with Gasteiger partial charge < -0.3 is 4.90 Å². The van der Waals surface area contributed by atoms with Crippen LogP contribution >= 0.6 is 11.6 Å². The van der Waals surface area contributed by atoms with E-state index < -0.39 is 0 Å². The first-order valence-electron chi connectivity index (χ1n) is 8.05. The van der Waals surface area contributed by atoms with Crippen molar-refractivity contribution in [2.45, 2.75) is 31.7 Å². The molecule has 1 saturated heterocycles. The van der Waals surface area contributed by atoms with Gasteiger partial charge >= 0.3 is 0 Å². The largest absolute Gasteiger partial charge is 0.304 e. The van der Waals surface area contributed by atoms with E-state index in [4.69, 9.17) is 16.6 Å². The fourth-order valence-electron chi connectivity index (χ4n) is 3.77. The van der Waals surface area contributed by atoms with Crippen LogP contribution in [-0.2, 0) is 0 Å². The summed E-state index contributed by atoms with van der Waals surface area (Å²) >= 11 is 6.22. The van der Waals surface area contributed by atoms with Gasteiger partial charge in [-0.05, 0) is 26.8 Å². The average Bonchev–Trinajstić information content (AvgIpc) is 2.78. The monoisotopic (exact) mass is 319 g/mol. The molecule has 1 saturated carbocycles. The number of imidazole rings is 1. The first-order chi connectivity index (χ1) is 10.6. The highest BCUT2D eigenvalue weighted by Crippen LogP contribution is 2.40. The summed E-state index contributed by atoms with van der Waals surface area (Å²) in [6.45, 7) is 6.79. The lowest BCUT2D eigenvalue weighted by atomic mass is 9.78. The van der Waals surface area contributed by atoms with Crippen LogP contribution in [0.1, 0.15) is 30.3 Å². The molecule has 0 radical (unpaired) electrons. The predicted octanol–water partition coefficient (Wildman–Crippen LogP) is 2.18. The molecule has 0 unspecified atom stereocenters. The molecular formula is C16H22ClN5. The molecule has 3 heterocycles. The van der Waals surface area contributed by atoms with Crippen LogP contribution in [0.5, 0.6) is 0 Å². The summed E-state index contributed by atoms with van der Waals surface area (Å²) in [6, 6.07) is 0.726. The van der Waals surface area contributed by atoms with Crippen molar-refractivity contribution in [3.05, 3.63) is 29.1 Å². The van der Waals surface area contributed by atoms with Crippen LogP contribution in [0, 0.1) is 6.92 Å². The number of piperazine rings is 1. The zero-order chi connectivity index (χ0) is 15.3. The second-order valence-corrected chi connectivity index (χ2v) is 7.01. The van der Waals surface area contributed by atoms with Gasteiger partial charge in [-0.25, -0.2) is 9.97 Å². The van der Waals surface area contributed by atoms with Crippen molar-refractivity contribution in [3.8, 4) is 0 Å². The summed E-state index contributed by atoms with van der Waals surface area (Å²) in [5.41, 5.74) is 1.94. The summed E-state index contributed by atoms with van der Waals surface area (Å²) in [6.07, 6.45) is 6.17. The van der Waals surface area contributed by atoms with Crippen LogP contribution < -0.4 is 0 Å². The van der Waals surface area contributed by atoms with E-state index in [2.05, 4.69) is 26.2 Å². The third kappa shape index (κ3) is 2.32. The topological polar surface area (TPSA) is 36.7 Å². The molecule has 6 heteroatoms. The van der Waals surface area contributed by atoms with Gasteiger partial charge in [-0.15, -0.1) is 0 Å². The van der Waals surface area contributed by atoms with Crippen molar-refractivity contribution in [2.24, 2.45) is 0 Å². The normalized spacial score (nSPS) is 27.2. The highest BCUT2D eigenvalue weighted by atomic mass is 35.5. The van der Waals surface area contributed by atoms with E-state index in [1.54, 1.807) is 6.20 Å². The maximum Gasteiger partial charge on any atom is 0.154 e. The summed E-state index contributed by atoms with van der Waals surface area (Å²) < 4.78 is 2.13. The van der Waals surface area contributed by atoms with Crippen LogP contribution in [0.3, 0.4) is 0 Å². The van der Waals surface area contributed by atoms with E-state index in [0.29, 0.717) is 11.1 Å².